The molecule has 48 heavy (non-hydrogen) atoms. The van der Waals surface area contributed by atoms with Crippen LogP contribution in [0.25, 0.3) is 16.6 Å². The van der Waals surface area contributed by atoms with Gasteiger partial charge in [0.2, 0.25) is 0 Å². The first kappa shape index (κ1) is 31.3. The topological polar surface area (TPSA) is 95.0 Å². The van der Waals surface area contributed by atoms with Crippen molar-refractivity contribution in [3.05, 3.63) is 106 Å². The molecule has 3 aromatic heterocycles. The van der Waals surface area contributed by atoms with Crippen LogP contribution in [0, 0.1) is 18.8 Å². The maximum Gasteiger partial charge on any atom is 0.280 e. The summed E-state index contributed by atoms with van der Waals surface area (Å²) in [5.74, 6) is 2.29. The van der Waals surface area contributed by atoms with Crippen molar-refractivity contribution in [1.29, 1.82) is 0 Å². The Kier molecular flexibility index (Phi) is 7.91. The number of benzene rings is 2. The first-order chi connectivity index (χ1) is 23.2. The van der Waals surface area contributed by atoms with Crippen molar-refractivity contribution in [1.82, 2.24) is 28.2 Å². The molecule has 2 aromatic carbocycles. The zero-order valence-corrected chi connectivity index (χ0v) is 28.9. The van der Waals surface area contributed by atoms with Crippen LogP contribution in [-0.4, -0.2) is 49.7 Å². The molecule has 3 aliphatic rings. The highest BCUT2D eigenvalue weighted by atomic mass is 32.2. The molecule has 9 nitrogen and oxygen atoms in total. The third kappa shape index (κ3) is 5.52. The van der Waals surface area contributed by atoms with Gasteiger partial charge in [-0.15, -0.1) is 10.2 Å². The van der Waals surface area contributed by atoms with E-state index in [1.54, 1.807) is 23.0 Å². The Balaban J connectivity index is 1.33. The molecule has 1 aliphatic heterocycles. The van der Waals surface area contributed by atoms with E-state index < -0.39 is 10.0 Å². The molecular formula is C38H44N6O3S. The molecule has 0 amide bonds. The molecule has 2 atom stereocenters. The summed E-state index contributed by atoms with van der Waals surface area (Å²) in [6.07, 6.45) is 11.5. The van der Waals surface area contributed by atoms with E-state index in [1.807, 2.05) is 55.1 Å². The number of piperidine rings is 1. The molecule has 4 heterocycles. The summed E-state index contributed by atoms with van der Waals surface area (Å²) < 4.78 is 34.4. The van der Waals surface area contributed by atoms with E-state index in [0.717, 1.165) is 78.8 Å². The van der Waals surface area contributed by atoms with Crippen molar-refractivity contribution in [2.45, 2.75) is 82.1 Å². The molecule has 2 saturated carbocycles. The minimum absolute atomic E-state index is 0.0675. The van der Waals surface area contributed by atoms with Crippen LogP contribution in [0.4, 0.5) is 0 Å². The first-order valence-corrected chi connectivity index (χ1v) is 18.9. The van der Waals surface area contributed by atoms with E-state index in [4.69, 9.17) is 0 Å². The van der Waals surface area contributed by atoms with E-state index in [0.29, 0.717) is 30.0 Å². The maximum absolute atomic E-state index is 14.8. The minimum Gasteiger partial charge on any atom is -0.320 e. The third-order valence-corrected chi connectivity index (χ3v) is 12.7. The summed E-state index contributed by atoms with van der Waals surface area (Å²) in [5, 5.41) is 9.44. The zero-order chi connectivity index (χ0) is 33.2. The number of hydrogen-bond donors (Lipinski definition) is 0. The fraction of sp³-hybridized carbons (Fsp3) is 0.447. The van der Waals surface area contributed by atoms with Crippen LogP contribution in [0.3, 0.4) is 0 Å². The van der Waals surface area contributed by atoms with E-state index in [-0.39, 0.29) is 21.9 Å². The van der Waals surface area contributed by atoms with Crippen molar-refractivity contribution in [3.8, 4) is 5.69 Å². The Morgan fingerprint density at radius 1 is 0.979 bits per heavy atom. The number of aromatic nitrogens is 5. The predicted molar refractivity (Wildman–Crippen MR) is 187 cm³/mol. The van der Waals surface area contributed by atoms with Gasteiger partial charge in [0.25, 0.3) is 15.6 Å². The number of fused-ring (bicyclic) bond motifs is 1. The van der Waals surface area contributed by atoms with Crippen LogP contribution in [0.2, 0.25) is 0 Å². The summed E-state index contributed by atoms with van der Waals surface area (Å²) in [6.45, 7) is 6.49. The van der Waals surface area contributed by atoms with Crippen molar-refractivity contribution in [2.24, 2.45) is 18.9 Å². The van der Waals surface area contributed by atoms with Gasteiger partial charge in [-0.05, 0) is 111 Å². The second kappa shape index (κ2) is 12.1. The van der Waals surface area contributed by atoms with E-state index in [1.165, 1.54) is 16.8 Å². The number of aryl methyl sites for hydroxylation is 2. The normalized spacial score (nSPS) is 19.9. The Morgan fingerprint density at radius 2 is 1.77 bits per heavy atom. The van der Waals surface area contributed by atoms with Gasteiger partial charge in [0.15, 0.2) is 0 Å². The number of hydrogen-bond acceptors (Lipinski definition) is 6. The van der Waals surface area contributed by atoms with Crippen molar-refractivity contribution < 1.29 is 8.42 Å². The molecule has 1 saturated heterocycles. The third-order valence-electron chi connectivity index (χ3n) is 10.9. The molecule has 250 valence electrons. The molecule has 2 aliphatic carbocycles. The zero-order valence-electron chi connectivity index (χ0n) is 28.0. The smallest absolute Gasteiger partial charge is 0.280 e. The van der Waals surface area contributed by atoms with Gasteiger partial charge in [-0.2, -0.15) is 0 Å². The Labute approximate surface area is 282 Å². The highest BCUT2D eigenvalue weighted by Gasteiger charge is 2.35. The van der Waals surface area contributed by atoms with Crippen LogP contribution >= 0.6 is 0 Å². The largest absolute Gasteiger partial charge is 0.320 e. The SMILES string of the molecule is Cc1ccc(S(=O)(=O)n2c(CN3CCC[C@H](C)C3)cc3c(C4CC4)cn(-c4cccc(C(c5nncn5C)C5CCC5)c4)c(=O)c32)cc1. The van der Waals surface area contributed by atoms with E-state index >= 15 is 0 Å². The van der Waals surface area contributed by atoms with Crippen LogP contribution in [-0.2, 0) is 23.6 Å². The lowest BCUT2D eigenvalue weighted by atomic mass is 9.72. The number of pyridine rings is 1. The lowest BCUT2D eigenvalue weighted by Crippen LogP contribution is -2.35. The standard InChI is InChI=1S/C38H44N6O3S/c1-25-12-16-32(17-13-25)48(46,47)44-31(22-42-18-6-7-26(2)21-42)20-33-34(27-14-15-27)23-43(38(45)36(33)44)30-11-5-10-29(19-30)35(28-8-4-9-28)37-40-39-24-41(37)3/h5,10-13,16-17,19-20,23-24,26-28,35H,4,6-9,14-15,18,21-22H2,1-3H3/t26-,35?/m0/s1. The molecule has 8 rings (SSSR count). The average Bonchev–Trinajstić information content (AvgIpc) is 3.68. The fourth-order valence-corrected chi connectivity index (χ4v) is 9.49. The van der Waals surface area contributed by atoms with Crippen molar-refractivity contribution in [2.75, 3.05) is 13.1 Å². The minimum atomic E-state index is -4.08. The van der Waals surface area contributed by atoms with Gasteiger partial charge in [-0.1, -0.05) is 43.2 Å². The van der Waals surface area contributed by atoms with E-state index in [9.17, 15) is 13.2 Å². The monoisotopic (exact) mass is 664 g/mol. The van der Waals surface area contributed by atoms with Crippen LogP contribution in [0.5, 0.6) is 0 Å². The summed E-state index contributed by atoms with van der Waals surface area (Å²) >= 11 is 0. The Bertz CT molecular complexity index is 2150. The molecule has 0 spiro atoms. The van der Waals surface area contributed by atoms with Crippen molar-refractivity contribution >= 4 is 20.9 Å². The molecular weight excluding hydrogens is 621 g/mol. The van der Waals surface area contributed by atoms with Gasteiger partial charge < -0.3 is 4.57 Å². The van der Waals surface area contributed by atoms with Gasteiger partial charge in [-0.3, -0.25) is 14.3 Å². The first-order valence-electron chi connectivity index (χ1n) is 17.5. The van der Waals surface area contributed by atoms with Gasteiger partial charge in [0.05, 0.1) is 4.90 Å². The molecule has 0 radical (unpaired) electrons. The highest BCUT2D eigenvalue weighted by Crippen LogP contribution is 2.45. The van der Waals surface area contributed by atoms with Crippen LogP contribution < -0.4 is 5.56 Å². The van der Waals surface area contributed by atoms with Crippen LogP contribution in [0.1, 0.15) is 91.9 Å². The van der Waals surface area contributed by atoms with Gasteiger partial charge >= 0.3 is 0 Å². The summed E-state index contributed by atoms with van der Waals surface area (Å²) in [5.41, 5.74) is 4.43. The predicted octanol–water partition coefficient (Wildman–Crippen LogP) is 6.51. The average molecular weight is 665 g/mol. The number of nitrogens with zero attached hydrogens (tertiary/aromatic N) is 6. The molecule has 10 heteroatoms. The Hall–Kier alpha value is -4.02. The van der Waals surface area contributed by atoms with E-state index in [2.05, 4.69) is 34.2 Å². The lowest BCUT2D eigenvalue weighted by molar-refractivity contribution is 0.174. The van der Waals surface area contributed by atoms with Gasteiger partial charge in [-0.25, -0.2) is 12.4 Å². The number of likely N-dealkylation sites (tertiary alicyclic amines) is 1. The second-order valence-corrected chi connectivity index (χ2v) is 16.3. The maximum atomic E-state index is 14.8. The quantitative estimate of drug-likeness (QED) is 0.178. The van der Waals surface area contributed by atoms with Crippen LogP contribution in [0.15, 0.2) is 76.8 Å². The lowest BCUT2D eigenvalue weighted by Gasteiger charge is -2.33. The number of rotatable bonds is 9. The summed E-state index contributed by atoms with van der Waals surface area (Å²) in [7, 11) is -2.10. The van der Waals surface area contributed by atoms with Gasteiger partial charge in [0.1, 0.15) is 17.7 Å². The Morgan fingerprint density at radius 3 is 2.44 bits per heavy atom. The second-order valence-electron chi connectivity index (χ2n) is 14.6. The molecule has 0 bridgehead atoms. The molecule has 3 fully saturated rings. The molecule has 5 aromatic rings. The fourth-order valence-electron chi connectivity index (χ4n) is 7.97. The highest BCUT2D eigenvalue weighted by molar-refractivity contribution is 7.90. The molecule has 1 unspecified atom stereocenters. The van der Waals surface area contributed by atoms with Gasteiger partial charge in [0, 0.05) is 49.0 Å². The summed E-state index contributed by atoms with van der Waals surface area (Å²) in [6, 6.07) is 17.1. The summed E-state index contributed by atoms with van der Waals surface area (Å²) in [4.78, 5) is 17.4. The van der Waals surface area contributed by atoms with Crippen molar-refractivity contribution in [3.63, 3.8) is 0 Å². The molecule has 0 N–H and O–H groups in total.